The third-order valence-corrected chi connectivity index (χ3v) is 21.0. The molecule has 0 aromatic carbocycles. The van der Waals surface area contributed by atoms with Crippen LogP contribution in [0.2, 0.25) is 0 Å². The molecule has 0 aromatic rings. The molecule has 2 atom stereocenters. The molecule has 1 amide bonds. The van der Waals surface area contributed by atoms with Gasteiger partial charge < -0.3 is 20.3 Å². The van der Waals surface area contributed by atoms with Gasteiger partial charge in [0.2, 0.25) is 5.91 Å². The Labute approximate surface area is 596 Å². The number of carbonyl (C=O) groups excluding carboxylic acids is 2. The van der Waals surface area contributed by atoms with Gasteiger partial charge in [-0.25, -0.2) is 0 Å². The smallest absolute Gasteiger partial charge is 0.305 e. The second kappa shape index (κ2) is 84.8. The first-order valence-electron chi connectivity index (χ1n) is 44.1. The van der Waals surface area contributed by atoms with E-state index >= 15 is 0 Å². The molecule has 0 aliphatic rings. The highest BCUT2D eigenvalue weighted by Crippen LogP contribution is 2.21. The Bertz CT molecular complexity index is 1500. The molecule has 95 heavy (non-hydrogen) atoms. The van der Waals surface area contributed by atoms with Gasteiger partial charge in [-0.15, -0.1) is 0 Å². The van der Waals surface area contributed by atoms with E-state index in [-0.39, 0.29) is 18.5 Å². The monoisotopic (exact) mass is 1340 g/mol. The molecule has 6 nitrogen and oxygen atoms in total. The van der Waals surface area contributed by atoms with Gasteiger partial charge in [0.05, 0.1) is 25.4 Å². The van der Waals surface area contributed by atoms with Gasteiger partial charge in [0.25, 0.3) is 0 Å². The van der Waals surface area contributed by atoms with Crippen molar-refractivity contribution in [3.63, 3.8) is 0 Å². The van der Waals surface area contributed by atoms with Crippen LogP contribution in [0.25, 0.3) is 0 Å². The molecule has 3 N–H and O–H groups in total. The Balaban J connectivity index is 3.29. The molecule has 0 fully saturated rings. The fourth-order valence-corrected chi connectivity index (χ4v) is 14.3. The minimum Gasteiger partial charge on any atom is -0.466 e. The van der Waals surface area contributed by atoms with Crippen LogP contribution in [-0.4, -0.2) is 47.4 Å². The average molecular weight is 1340 g/mol. The van der Waals surface area contributed by atoms with E-state index in [0.717, 1.165) is 51.4 Å². The number of ether oxygens (including phenoxy) is 1. The van der Waals surface area contributed by atoms with Crippen molar-refractivity contribution in [3.05, 3.63) is 24.3 Å². The largest absolute Gasteiger partial charge is 0.466 e. The van der Waals surface area contributed by atoms with Crippen LogP contribution in [-0.2, 0) is 14.3 Å². The van der Waals surface area contributed by atoms with Gasteiger partial charge in [-0.3, -0.25) is 9.59 Å². The van der Waals surface area contributed by atoms with Crippen molar-refractivity contribution >= 4 is 11.9 Å². The average Bonchev–Trinajstić information content (AvgIpc) is 2.99. The molecule has 0 heterocycles. The van der Waals surface area contributed by atoms with Gasteiger partial charge >= 0.3 is 5.97 Å². The summed E-state index contributed by atoms with van der Waals surface area (Å²) in [6.45, 7) is 5.00. The second-order valence-corrected chi connectivity index (χ2v) is 30.6. The zero-order chi connectivity index (χ0) is 68.4. The molecule has 564 valence electrons. The summed E-state index contributed by atoms with van der Waals surface area (Å²) in [5.41, 5.74) is 0. The van der Waals surface area contributed by atoms with E-state index < -0.39 is 12.1 Å². The first-order valence-corrected chi connectivity index (χ1v) is 44.1. The summed E-state index contributed by atoms with van der Waals surface area (Å²) in [6.07, 6.45) is 110. The zero-order valence-corrected chi connectivity index (χ0v) is 64.9. The number of unbranched alkanes of at least 4 members (excludes halogenated alkanes) is 69. The summed E-state index contributed by atoms with van der Waals surface area (Å²) < 4.78 is 5.52. The molecule has 0 spiro atoms. The normalized spacial score (nSPS) is 12.5. The number of nitrogens with one attached hydrogen (secondary N) is 1. The summed E-state index contributed by atoms with van der Waals surface area (Å²) >= 11 is 0. The van der Waals surface area contributed by atoms with Gasteiger partial charge in [0, 0.05) is 12.8 Å². The van der Waals surface area contributed by atoms with Gasteiger partial charge in [-0.2, -0.15) is 0 Å². The van der Waals surface area contributed by atoms with Crippen LogP contribution in [0.5, 0.6) is 0 Å². The Hall–Kier alpha value is -1.66. The topological polar surface area (TPSA) is 95.9 Å². The lowest BCUT2D eigenvalue weighted by Crippen LogP contribution is -2.45. The van der Waals surface area contributed by atoms with E-state index in [1.807, 2.05) is 0 Å². The number of esters is 1. The Morgan fingerprint density at radius 2 is 0.526 bits per heavy atom. The Morgan fingerprint density at radius 1 is 0.295 bits per heavy atom. The number of hydrogen-bond donors (Lipinski definition) is 3. The number of allylic oxidation sites excluding steroid dienone is 4. The van der Waals surface area contributed by atoms with Crippen LogP contribution in [0.1, 0.15) is 508 Å². The number of aliphatic hydroxyl groups excluding tert-OH is 2. The van der Waals surface area contributed by atoms with Gasteiger partial charge in [-0.1, -0.05) is 462 Å². The van der Waals surface area contributed by atoms with Crippen LogP contribution in [0.15, 0.2) is 24.3 Å². The summed E-state index contributed by atoms with van der Waals surface area (Å²) in [6, 6.07) is -0.537. The first kappa shape index (κ1) is 93.3. The van der Waals surface area contributed by atoms with Crippen molar-refractivity contribution in [2.45, 2.75) is 520 Å². The van der Waals surface area contributed by atoms with Crippen LogP contribution in [0.3, 0.4) is 0 Å². The highest BCUT2D eigenvalue weighted by molar-refractivity contribution is 5.76. The number of carbonyl (C=O) groups is 2. The molecule has 0 saturated carbocycles. The number of amides is 1. The SMILES string of the molecule is CCCCCC/C=C\C/C=C\CCCCCCCCCC(=O)OCCCCCCCCCCCCCCCCCCCCCCCCCCCCCCCCCCCCCCCCCC(=O)NC(CO)C(O)CCCCCCCCCCCCCCCCCCCCCCC. The minimum atomic E-state index is -0.661. The maximum atomic E-state index is 12.6. The summed E-state index contributed by atoms with van der Waals surface area (Å²) in [5.74, 6) is -0.00506. The summed E-state index contributed by atoms with van der Waals surface area (Å²) in [7, 11) is 0. The van der Waals surface area contributed by atoms with Crippen LogP contribution in [0, 0.1) is 0 Å². The molecule has 0 bridgehead atoms. The van der Waals surface area contributed by atoms with Crippen LogP contribution < -0.4 is 5.32 Å². The number of rotatable bonds is 84. The Kier molecular flexibility index (Phi) is 83.3. The quantitative estimate of drug-likeness (QED) is 0.0320. The minimum absolute atomic E-state index is 0.0178. The molecule has 0 saturated heterocycles. The predicted octanol–water partition coefficient (Wildman–Crippen LogP) is 29.6. The van der Waals surface area contributed by atoms with Gasteiger partial charge in [-0.05, 0) is 57.8 Å². The molecule has 2 unspecified atom stereocenters. The molecular weight excluding hydrogens is 1160 g/mol. The maximum Gasteiger partial charge on any atom is 0.305 e. The highest BCUT2D eigenvalue weighted by Gasteiger charge is 2.20. The van der Waals surface area contributed by atoms with E-state index in [0.29, 0.717) is 25.9 Å². The molecule has 0 rings (SSSR count). The third-order valence-electron chi connectivity index (χ3n) is 21.0. The zero-order valence-electron chi connectivity index (χ0n) is 64.9. The van der Waals surface area contributed by atoms with E-state index in [4.69, 9.17) is 4.74 Å². The lowest BCUT2D eigenvalue weighted by molar-refractivity contribution is -0.143. The standard InChI is InChI=1S/C89H173NO5/c1-3-5-7-9-11-13-15-17-19-21-23-43-46-49-53-57-61-65-69-73-77-81-87(92)86(85-91)90-88(93)82-78-74-70-66-62-58-54-50-47-44-41-39-37-35-33-31-29-27-25-24-26-28-30-32-34-36-38-40-42-45-48-52-56-60-64-68-72-76-80-84-95-89(94)83-79-75-71-67-63-59-55-51-22-20-18-16-14-12-10-8-6-4-2/h14,16,20,22,86-87,91-92H,3-13,15,17-19,21,23-85H2,1-2H3,(H,90,93)/b16-14-,22-20-. The van der Waals surface area contributed by atoms with Crippen LogP contribution >= 0.6 is 0 Å². The van der Waals surface area contributed by atoms with E-state index in [2.05, 4.69) is 43.5 Å². The Morgan fingerprint density at radius 3 is 0.811 bits per heavy atom. The van der Waals surface area contributed by atoms with Crippen molar-refractivity contribution in [1.82, 2.24) is 5.32 Å². The van der Waals surface area contributed by atoms with Crippen molar-refractivity contribution in [2.75, 3.05) is 13.2 Å². The second-order valence-electron chi connectivity index (χ2n) is 30.6. The van der Waals surface area contributed by atoms with E-state index in [9.17, 15) is 19.8 Å². The first-order chi connectivity index (χ1) is 47.0. The van der Waals surface area contributed by atoms with E-state index in [1.54, 1.807) is 0 Å². The molecule has 6 heteroatoms. The van der Waals surface area contributed by atoms with Crippen molar-refractivity contribution in [3.8, 4) is 0 Å². The molecular formula is C89H173NO5. The van der Waals surface area contributed by atoms with Crippen molar-refractivity contribution < 1.29 is 24.5 Å². The molecule has 0 radical (unpaired) electrons. The lowest BCUT2D eigenvalue weighted by atomic mass is 10.0. The fraction of sp³-hybridized carbons (Fsp3) is 0.933. The lowest BCUT2D eigenvalue weighted by Gasteiger charge is -2.22. The van der Waals surface area contributed by atoms with E-state index in [1.165, 1.54) is 424 Å². The predicted molar refractivity (Wildman–Crippen MR) is 421 cm³/mol. The highest BCUT2D eigenvalue weighted by atomic mass is 16.5. The number of aliphatic hydroxyl groups is 2. The van der Waals surface area contributed by atoms with Crippen molar-refractivity contribution in [2.24, 2.45) is 0 Å². The van der Waals surface area contributed by atoms with Crippen LogP contribution in [0.4, 0.5) is 0 Å². The van der Waals surface area contributed by atoms with Crippen molar-refractivity contribution in [1.29, 1.82) is 0 Å². The number of hydrogen-bond acceptors (Lipinski definition) is 5. The molecule has 0 aliphatic heterocycles. The third kappa shape index (κ3) is 81.2. The fourth-order valence-electron chi connectivity index (χ4n) is 14.3. The maximum absolute atomic E-state index is 12.6. The molecule has 0 aromatic heterocycles. The van der Waals surface area contributed by atoms with Gasteiger partial charge in [0.1, 0.15) is 0 Å². The summed E-state index contributed by atoms with van der Waals surface area (Å²) in [5, 5.41) is 23.5. The van der Waals surface area contributed by atoms with Gasteiger partial charge in [0.15, 0.2) is 0 Å². The summed E-state index contributed by atoms with van der Waals surface area (Å²) in [4.78, 5) is 24.7. The molecule has 0 aliphatic carbocycles.